The summed E-state index contributed by atoms with van der Waals surface area (Å²) in [6.45, 7) is 8.64. The Bertz CT molecular complexity index is 839. The molecule has 3 rings (SSSR count). The van der Waals surface area contributed by atoms with Crippen LogP contribution >= 0.6 is 11.8 Å². The first-order chi connectivity index (χ1) is 13.9. The van der Waals surface area contributed by atoms with Crippen molar-refractivity contribution in [2.24, 2.45) is 17.8 Å². The Morgan fingerprint density at radius 2 is 2.14 bits per heavy atom. The van der Waals surface area contributed by atoms with E-state index in [0.29, 0.717) is 28.7 Å². The van der Waals surface area contributed by atoms with Gasteiger partial charge in [0.2, 0.25) is 5.16 Å². The van der Waals surface area contributed by atoms with E-state index in [4.69, 9.17) is 9.47 Å². The molecular formula is C21H30N4O3S. The second kappa shape index (κ2) is 9.61. The molecule has 1 aliphatic carbocycles. The SMILES string of the molecule is COc1ccc(C)cc1-n1nnnc1SCC(=O)O[C@H]1C[C@@H](C)CC[C@@H]1C(C)C. The first kappa shape index (κ1) is 21.6. The van der Waals surface area contributed by atoms with Crippen LogP contribution in [0.1, 0.15) is 45.6 Å². The fourth-order valence-corrected chi connectivity index (χ4v) is 4.63. The van der Waals surface area contributed by atoms with Gasteiger partial charge >= 0.3 is 5.97 Å². The van der Waals surface area contributed by atoms with Gasteiger partial charge in [0.25, 0.3) is 0 Å². The maximum atomic E-state index is 12.6. The number of carbonyl (C=O) groups is 1. The van der Waals surface area contributed by atoms with Crippen molar-refractivity contribution in [2.75, 3.05) is 12.9 Å². The lowest BCUT2D eigenvalue weighted by atomic mass is 9.75. The molecule has 1 aromatic heterocycles. The van der Waals surface area contributed by atoms with E-state index in [1.54, 1.807) is 11.8 Å². The monoisotopic (exact) mass is 418 g/mol. The Balaban J connectivity index is 1.66. The summed E-state index contributed by atoms with van der Waals surface area (Å²) in [6.07, 6.45) is 3.27. The first-order valence-corrected chi connectivity index (χ1v) is 11.1. The topological polar surface area (TPSA) is 79.1 Å². The third-order valence-corrected chi connectivity index (χ3v) is 6.46. The van der Waals surface area contributed by atoms with Gasteiger partial charge in [-0.05, 0) is 65.6 Å². The molecule has 0 bridgehead atoms. The number of benzene rings is 1. The lowest BCUT2D eigenvalue weighted by Crippen LogP contribution is -2.36. The van der Waals surface area contributed by atoms with Crippen molar-refractivity contribution in [3.05, 3.63) is 23.8 Å². The molecule has 2 aromatic rings. The molecule has 0 saturated heterocycles. The number of hydrogen-bond acceptors (Lipinski definition) is 7. The van der Waals surface area contributed by atoms with Gasteiger partial charge < -0.3 is 9.47 Å². The van der Waals surface area contributed by atoms with Gasteiger partial charge in [-0.2, -0.15) is 4.68 Å². The summed E-state index contributed by atoms with van der Waals surface area (Å²) in [4.78, 5) is 12.6. The predicted octanol–water partition coefficient (Wildman–Crippen LogP) is 4.08. The number of rotatable bonds is 7. The Morgan fingerprint density at radius 3 is 2.86 bits per heavy atom. The zero-order valence-corrected chi connectivity index (χ0v) is 18.6. The molecule has 1 heterocycles. The van der Waals surface area contributed by atoms with Crippen molar-refractivity contribution in [3.63, 3.8) is 0 Å². The summed E-state index contributed by atoms with van der Waals surface area (Å²) in [7, 11) is 1.61. The number of methoxy groups -OCH3 is 1. The fourth-order valence-electron chi connectivity index (χ4n) is 3.96. The van der Waals surface area contributed by atoms with Crippen LogP contribution in [0.15, 0.2) is 23.4 Å². The van der Waals surface area contributed by atoms with E-state index in [2.05, 4.69) is 36.3 Å². The Labute approximate surface area is 176 Å². The highest BCUT2D eigenvalue weighted by atomic mass is 32.2. The van der Waals surface area contributed by atoms with E-state index in [1.807, 2.05) is 25.1 Å². The first-order valence-electron chi connectivity index (χ1n) is 10.1. The smallest absolute Gasteiger partial charge is 0.316 e. The van der Waals surface area contributed by atoms with Crippen molar-refractivity contribution in [2.45, 2.75) is 58.2 Å². The van der Waals surface area contributed by atoms with Gasteiger partial charge in [-0.1, -0.05) is 45.0 Å². The van der Waals surface area contributed by atoms with E-state index < -0.39 is 0 Å². The molecule has 8 heteroatoms. The van der Waals surface area contributed by atoms with Crippen LogP contribution < -0.4 is 4.74 Å². The average molecular weight is 419 g/mol. The van der Waals surface area contributed by atoms with E-state index in [9.17, 15) is 4.79 Å². The van der Waals surface area contributed by atoms with Crippen molar-refractivity contribution >= 4 is 17.7 Å². The molecule has 1 fully saturated rings. The van der Waals surface area contributed by atoms with E-state index in [1.165, 1.54) is 18.2 Å². The van der Waals surface area contributed by atoms with Gasteiger partial charge in [-0.25, -0.2) is 0 Å². The van der Waals surface area contributed by atoms with E-state index in [-0.39, 0.29) is 17.8 Å². The summed E-state index contributed by atoms with van der Waals surface area (Å²) in [5.74, 6) is 2.16. The van der Waals surface area contributed by atoms with Crippen molar-refractivity contribution < 1.29 is 14.3 Å². The largest absolute Gasteiger partial charge is 0.494 e. The number of thioether (sulfide) groups is 1. The summed E-state index contributed by atoms with van der Waals surface area (Å²) < 4.78 is 12.9. The normalized spacial score (nSPS) is 21.9. The standard InChI is InChI=1S/C21H30N4O3S/c1-13(2)16-8-6-15(4)11-19(16)28-20(26)12-29-21-22-23-24-25(21)17-10-14(3)7-9-18(17)27-5/h7,9-10,13,15-16,19H,6,8,11-12H2,1-5H3/t15-,16+,19-/m0/s1. The third kappa shape index (κ3) is 5.29. The molecule has 158 valence electrons. The van der Waals surface area contributed by atoms with Crippen LogP contribution in [-0.2, 0) is 9.53 Å². The molecule has 0 spiro atoms. The highest BCUT2D eigenvalue weighted by Crippen LogP contribution is 2.35. The maximum absolute atomic E-state index is 12.6. The third-order valence-electron chi connectivity index (χ3n) is 5.57. The molecule has 1 saturated carbocycles. The molecule has 0 N–H and O–H groups in total. The number of aromatic nitrogens is 4. The predicted molar refractivity (Wildman–Crippen MR) is 112 cm³/mol. The van der Waals surface area contributed by atoms with Gasteiger partial charge in [0.05, 0.1) is 12.9 Å². The van der Waals surface area contributed by atoms with Crippen LogP contribution in [0.5, 0.6) is 5.75 Å². The molecule has 1 aliphatic rings. The molecule has 0 amide bonds. The van der Waals surface area contributed by atoms with E-state index >= 15 is 0 Å². The molecule has 0 radical (unpaired) electrons. The van der Waals surface area contributed by atoms with Gasteiger partial charge in [-0.3, -0.25) is 4.79 Å². The minimum Gasteiger partial charge on any atom is -0.494 e. The van der Waals surface area contributed by atoms with Gasteiger partial charge in [0, 0.05) is 0 Å². The number of tetrazole rings is 1. The lowest BCUT2D eigenvalue weighted by Gasteiger charge is -2.36. The average Bonchev–Trinajstić information content (AvgIpc) is 3.14. The minimum absolute atomic E-state index is 0.000267. The number of ether oxygens (including phenoxy) is 2. The van der Waals surface area contributed by atoms with E-state index in [0.717, 1.165) is 24.1 Å². The fraction of sp³-hybridized carbons (Fsp3) is 0.619. The summed E-state index contributed by atoms with van der Waals surface area (Å²) in [5.41, 5.74) is 1.81. The van der Waals surface area contributed by atoms with Gasteiger partial charge in [0.1, 0.15) is 17.5 Å². The molecule has 0 unspecified atom stereocenters. The highest BCUT2D eigenvalue weighted by Gasteiger charge is 2.33. The Hall–Kier alpha value is -2.09. The van der Waals surface area contributed by atoms with Crippen LogP contribution in [0.3, 0.4) is 0 Å². The van der Waals surface area contributed by atoms with Crippen molar-refractivity contribution in [1.29, 1.82) is 0 Å². The van der Waals surface area contributed by atoms with Gasteiger partial charge in [-0.15, -0.1) is 5.10 Å². The van der Waals surface area contributed by atoms with Crippen molar-refractivity contribution in [3.8, 4) is 11.4 Å². The molecule has 29 heavy (non-hydrogen) atoms. The summed E-state index contributed by atoms with van der Waals surface area (Å²) >= 11 is 1.28. The summed E-state index contributed by atoms with van der Waals surface area (Å²) in [5, 5.41) is 12.5. The second-order valence-corrected chi connectivity index (χ2v) is 9.13. The molecule has 3 atom stereocenters. The molecule has 7 nitrogen and oxygen atoms in total. The molecular weight excluding hydrogens is 388 g/mol. The zero-order valence-electron chi connectivity index (χ0n) is 17.8. The highest BCUT2D eigenvalue weighted by molar-refractivity contribution is 7.99. The number of esters is 1. The quantitative estimate of drug-likeness (QED) is 0.495. The minimum atomic E-state index is -0.217. The maximum Gasteiger partial charge on any atom is 0.316 e. The number of carbonyl (C=O) groups excluding carboxylic acids is 1. The van der Waals surface area contributed by atoms with Crippen LogP contribution in [0, 0.1) is 24.7 Å². The summed E-state index contributed by atoms with van der Waals surface area (Å²) in [6, 6.07) is 5.80. The zero-order chi connectivity index (χ0) is 21.0. The lowest BCUT2D eigenvalue weighted by molar-refractivity contribution is -0.152. The Kier molecular flexibility index (Phi) is 7.16. The Morgan fingerprint density at radius 1 is 1.34 bits per heavy atom. The molecule has 1 aromatic carbocycles. The number of aryl methyl sites for hydroxylation is 1. The van der Waals surface area contributed by atoms with Crippen LogP contribution in [0.2, 0.25) is 0 Å². The van der Waals surface area contributed by atoms with Gasteiger partial charge in [0.15, 0.2) is 0 Å². The molecule has 0 aliphatic heterocycles. The second-order valence-electron chi connectivity index (χ2n) is 8.19. The van der Waals surface area contributed by atoms with Crippen LogP contribution in [0.25, 0.3) is 5.69 Å². The van der Waals surface area contributed by atoms with Crippen LogP contribution in [-0.4, -0.2) is 45.1 Å². The van der Waals surface area contributed by atoms with Crippen molar-refractivity contribution in [1.82, 2.24) is 20.2 Å². The van der Waals surface area contributed by atoms with Crippen LogP contribution in [0.4, 0.5) is 0 Å². The number of hydrogen-bond donors (Lipinski definition) is 0. The number of nitrogens with zero attached hydrogens (tertiary/aromatic N) is 4.